The number of ether oxygens (including phenoxy) is 3. The molecule has 0 amide bonds. The number of carbonyl (C=O) groups is 3. The molecule has 0 aromatic rings. The lowest BCUT2D eigenvalue weighted by molar-refractivity contribution is -0.167. The summed E-state index contributed by atoms with van der Waals surface area (Å²) in [4.78, 5) is 38.4. The fraction of sp³-hybridized carbons (Fsp3) is 0.640. The maximum atomic E-state index is 12.9. The largest absolute Gasteiger partial charge is 0.462 e. The smallest absolute Gasteiger partial charge is 0.306 e. The van der Waals surface area contributed by atoms with Gasteiger partial charge in [-0.25, -0.2) is 0 Å². The highest BCUT2D eigenvalue weighted by atomic mass is 16.6. The van der Waals surface area contributed by atoms with E-state index in [9.17, 15) is 14.4 Å². The predicted octanol–water partition coefficient (Wildman–Crippen LogP) is 23.1. The molecule has 0 spiro atoms. The Kier molecular flexibility index (Phi) is 63.9. The average Bonchev–Trinajstić information content (AvgIpc) is 3.47. The first-order chi connectivity index (χ1) is 40.0. The van der Waals surface area contributed by atoms with Crippen LogP contribution in [-0.2, 0) is 28.6 Å². The van der Waals surface area contributed by atoms with Crippen molar-refractivity contribution in [3.8, 4) is 0 Å². The molecule has 1 atom stereocenters. The van der Waals surface area contributed by atoms with E-state index in [2.05, 4.69) is 167 Å². The van der Waals surface area contributed by atoms with Crippen molar-refractivity contribution in [1.82, 2.24) is 0 Å². The molecule has 0 saturated heterocycles. The maximum absolute atomic E-state index is 12.9. The molecule has 0 bridgehead atoms. The first-order valence-electron chi connectivity index (χ1n) is 33.3. The van der Waals surface area contributed by atoms with Gasteiger partial charge in [0.1, 0.15) is 13.2 Å². The fourth-order valence-electron chi connectivity index (χ4n) is 8.92. The standard InChI is InChI=1S/C75H122O6/c1-4-7-10-13-16-19-22-25-28-30-32-34-36-37-39-40-42-44-47-50-53-56-59-62-65-68-74(77)80-71-72(70-79-73(76)67-64-61-58-55-52-49-46-27-24-21-18-15-12-9-6-3)81-75(78)69-66-63-60-57-54-51-48-45-43-41-38-35-33-31-29-26-23-20-17-14-11-8-5-2/h7-8,10-11,16-17,19-20,25-26,28-29,32-35,37,39,41-44,48,51,72H,4-6,9,12-15,18,21-24,27,30-31,36,38,40,45-47,49-50,52-71H2,1-3H3/b10-7-,11-8-,19-16-,20-17-,28-25-,29-26-,34-32-,35-33-,39-37-,43-41-,44-42-,51-48-. The highest BCUT2D eigenvalue weighted by Crippen LogP contribution is 2.16. The lowest BCUT2D eigenvalue weighted by Crippen LogP contribution is -2.30. The topological polar surface area (TPSA) is 78.9 Å². The minimum absolute atomic E-state index is 0.0961. The lowest BCUT2D eigenvalue weighted by Gasteiger charge is -2.18. The van der Waals surface area contributed by atoms with Crippen molar-refractivity contribution in [2.24, 2.45) is 0 Å². The number of rotatable bonds is 59. The first-order valence-corrected chi connectivity index (χ1v) is 33.3. The summed E-state index contributed by atoms with van der Waals surface area (Å²) in [7, 11) is 0. The number of hydrogen-bond donors (Lipinski definition) is 0. The number of allylic oxidation sites excluding steroid dienone is 24. The van der Waals surface area contributed by atoms with Crippen LogP contribution in [0.25, 0.3) is 0 Å². The zero-order chi connectivity index (χ0) is 58.5. The molecule has 0 rings (SSSR count). The van der Waals surface area contributed by atoms with Gasteiger partial charge in [-0.3, -0.25) is 14.4 Å². The Morgan fingerprint density at radius 3 is 0.753 bits per heavy atom. The molecule has 81 heavy (non-hydrogen) atoms. The second-order valence-electron chi connectivity index (χ2n) is 21.6. The van der Waals surface area contributed by atoms with E-state index in [-0.39, 0.29) is 31.1 Å². The van der Waals surface area contributed by atoms with Crippen LogP contribution < -0.4 is 0 Å². The molecular formula is C75H122O6. The molecule has 0 radical (unpaired) electrons. The first kappa shape index (κ1) is 76.3. The summed E-state index contributed by atoms with van der Waals surface area (Å²) < 4.78 is 16.9. The summed E-state index contributed by atoms with van der Waals surface area (Å²) in [6.07, 6.45) is 97.0. The van der Waals surface area contributed by atoms with Gasteiger partial charge in [0.2, 0.25) is 0 Å². The van der Waals surface area contributed by atoms with E-state index >= 15 is 0 Å². The number of unbranched alkanes of at least 4 members (excludes halogenated alkanes) is 24. The van der Waals surface area contributed by atoms with E-state index in [1.54, 1.807) is 0 Å². The Morgan fingerprint density at radius 1 is 0.259 bits per heavy atom. The van der Waals surface area contributed by atoms with E-state index in [1.165, 1.54) is 89.9 Å². The van der Waals surface area contributed by atoms with E-state index < -0.39 is 6.10 Å². The molecule has 0 aromatic heterocycles. The van der Waals surface area contributed by atoms with Gasteiger partial charge in [-0.1, -0.05) is 295 Å². The highest BCUT2D eigenvalue weighted by molar-refractivity contribution is 5.71. The van der Waals surface area contributed by atoms with Gasteiger partial charge >= 0.3 is 17.9 Å². The van der Waals surface area contributed by atoms with E-state index in [0.29, 0.717) is 19.3 Å². The van der Waals surface area contributed by atoms with Crippen LogP contribution in [0.4, 0.5) is 0 Å². The predicted molar refractivity (Wildman–Crippen MR) is 352 cm³/mol. The van der Waals surface area contributed by atoms with E-state index in [4.69, 9.17) is 14.2 Å². The van der Waals surface area contributed by atoms with Crippen molar-refractivity contribution in [2.75, 3.05) is 13.2 Å². The average molecular weight is 1120 g/mol. The van der Waals surface area contributed by atoms with Gasteiger partial charge in [0.15, 0.2) is 6.10 Å². The van der Waals surface area contributed by atoms with Gasteiger partial charge in [0, 0.05) is 19.3 Å². The second-order valence-corrected chi connectivity index (χ2v) is 21.6. The number of esters is 3. The van der Waals surface area contributed by atoms with Crippen LogP contribution in [0.3, 0.4) is 0 Å². The Balaban J connectivity index is 4.47. The normalized spacial score (nSPS) is 13.1. The van der Waals surface area contributed by atoms with Crippen LogP contribution in [0.2, 0.25) is 0 Å². The van der Waals surface area contributed by atoms with Crippen LogP contribution >= 0.6 is 0 Å². The Labute approximate surface area is 499 Å². The van der Waals surface area contributed by atoms with Crippen molar-refractivity contribution >= 4 is 17.9 Å². The fourth-order valence-corrected chi connectivity index (χ4v) is 8.92. The molecule has 458 valence electrons. The minimum atomic E-state index is -0.805. The Bertz CT molecular complexity index is 1760. The van der Waals surface area contributed by atoms with Crippen LogP contribution in [0.5, 0.6) is 0 Å². The Hall–Kier alpha value is -4.71. The Morgan fingerprint density at radius 2 is 0.481 bits per heavy atom. The lowest BCUT2D eigenvalue weighted by atomic mass is 10.0. The van der Waals surface area contributed by atoms with Crippen molar-refractivity contribution in [3.63, 3.8) is 0 Å². The minimum Gasteiger partial charge on any atom is -0.462 e. The maximum Gasteiger partial charge on any atom is 0.306 e. The molecular weight excluding hydrogens is 997 g/mol. The summed E-state index contributed by atoms with van der Waals surface area (Å²) >= 11 is 0. The van der Waals surface area contributed by atoms with Crippen molar-refractivity contribution in [2.45, 2.75) is 297 Å². The third kappa shape index (κ3) is 66.0. The van der Waals surface area contributed by atoms with Crippen LogP contribution in [0.15, 0.2) is 146 Å². The summed E-state index contributed by atoms with van der Waals surface area (Å²) in [5.41, 5.74) is 0. The number of hydrogen-bond acceptors (Lipinski definition) is 6. The van der Waals surface area contributed by atoms with Gasteiger partial charge in [-0.05, 0) is 122 Å². The molecule has 0 heterocycles. The molecule has 0 fully saturated rings. The molecule has 0 saturated carbocycles. The molecule has 1 unspecified atom stereocenters. The summed E-state index contributed by atoms with van der Waals surface area (Å²) in [5.74, 6) is -0.932. The molecule has 0 aliphatic carbocycles. The highest BCUT2D eigenvalue weighted by Gasteiger charge is 2.19. The summed E-state index contributed by atoms with van der Waals surface area (Å²) in [5, 5.41) is 0. The third-order valence-electron chi connectivity index (χ3n) is 13.8. The quantitative estimate of drug-likeness (QED) is 0.0261. The van der Waals surface area contributed by atoms with Gasteiger partial charge in [-0.2, -0.15) is 0 Å². The molecule has 0 aromatic carbocycles. The van der Waals surface area contributed by atoms with Gasteiger partial charge in [0.25, 0.3) is 0 Å². The van der Waals surface area contributed by atoms with Crippen LogP contribution in [0.1, 0.15) is 290 Å². The van der Waals surface area contributed by atoms with Crippen molar-refractivity contribution < 1.29 is 28.6 Å². The van der Waals surface area contributed by atoms with Gasteiger partial charge in [-0.15, -0.1) is 0 Å². The monoisotopic (exact) mass is 1120 g/mol. The summed E-state index contributed by atoms with van der Waals surface area (Å²) in [6.45, 7) is 6.40. The van der Waals surface area contributed by atoms with Gasteiger partial charge < -0.3 is 14.2 Å². The molecule has 0 aliphatic heterocycles. The SMILES string of the molecule is CC/C=C\C/C=C\C/C=C\C/C=C\C/C=C\C/C=C\CCCCCCCCC(=O)OCC(COC(=O)CCCCCCCCCCCCCCCCC)OC(=O)CCCCCC/C=C\C/C=C\C/C=C\C/C=C\C/C=C\C/C=C\CC. The molecule has 0 N–H and O–H groups in total. The van der Waals surface area contributed by atoms with Gasteiger partial charge in [0.05, 0.1) is 0 Å². The van der Waals surface area contributed by atoms with Crippen molar-refractivity contribution in [3.05, 3.63) is 146 Å². The van der Waals surface area contributed by atoms with Crippen LogP contribution in [0, 0.1) is 0 Å². The number of carbonyl (C=O) groups excluding carboxylic acids is 3. The zero-order valence-corrected chi connectivity index (χ0v) is 52.5. The van der Waals surface area contributed by atoms with E-state index in [1.807, 2.05) is 0 Å². The van der Waals surface area contributed by atoms with E-state index in [0.717, 1.165) is 161 Å². The molecule has 6 heteroatoms. The second kappa shape index (κ2) is 67.8. The zero-order valence-electron chi connectivity index (χ0n) is 52.5. The van der Waals surface area contributed by atoms with Crippen molar-refractivity contribution in [1.29, 1.82) is 0 Å². The molecule has 0 aliphatic rings. The molecule has 6 nitrogen and oxygen atoms in total. The summed E-state index contributed by atoms with van der Waals surface area (Å²) in [6, 6.07) is 0. The van der Waals surface area contributed by atoms with Crippen LogP contribution in [-0.4, -0.2) is 37.2 Å². The third-order valence-corrected chi connectivity index (χ3v) is 13.8.